The summed E-state index contributed by atoms with van der Waals surface area (Å²) in [6, 6.07) is 8.20. The molecule has 1 aromatic carbocycles. The second-order valence-corrected chi connectivity index (χ2v) is 4.36. The summed E-state index contributed by atoms with van der Waals surface area (Å²) in [5.41, 5.74) is 2.13. The average Bonchev–Trinajstić information content (AvgIpc) is 2.58. The third kappa shape index (κ3) is 1.53. The first-order chi connectivity index (χ1) is 7.06. The fourth-order valence-electron chi connectivity index (χ4n) is 1.82. The molecule has 0 saturated carbocycles. The monoisotopic (exact) mass is 203 g/mol. The molecule has 1 N–H and O–H groups in total. The first-order valence-corrected chi connectivity index (χ1v) is 5.17. The van der Waals surface area contributed by atoms with Crippen molar-refractivity contribution in [2.45, 2.75) is 19.4 Å². The van der Waals surface area contributed by atoms with Crippen molar-refractivity contribution in [3.63, 3.8) is 0 Å². The van der Waals surface area contributed by atoms with Crippen LogP contribution in [0.1, 0.15) is 19.7 Å². The van der Waals surface area contributed by atoms with Crippen LogP contribution in [-0.2, 0) is 12.6 Å². The number of hydrogen-bond donors (Lipinski definition) is 1. The molecule has 0 aliphatic heterocycles. The van der Waals surface area contributed by atoms with E-state index in [1.165, 1.54) is 5.52 Å². The molecule has 2 aromatic rings. The van der Waals surface area contributed by atoms with E-state index in [2.05, 4.69) is 41.8 Å². The zero-order valence-corrected chi connectivity index (χ0v) is 9.70. The van der Waals surface area contributed by atoms with Gasteiger partial charge in [0.05, 0.1) is 16.6 Å². The number of benzene rings is 1. The predicted octanol–water partition coefficient (Wildman–Crippen LogP) is 2.03. The number of nitrogens with one attached hydrogen (secondary N) is 1. The van der Waals surface area contributed by atoms with Crippen molar-refractivity contribution in [1.82, 2.24) is 14.9 Å². The van der Waals surface area contributed by atoms with Gasteiger partial charge in [0.1, 0.15) is 5.82 Å². The van der Waals surface area contributed by atoms with Gasteiger partial charge in [0.15, 0.2) is 0 Å². The van der Waals surface area contributed by atoms with Crippen LogP contribution in [0.25, 0.3) is 11.0 Å². The molecular formula is C12H17N3. The third-order valence-corrected chi connectivity index (χ3v) is 2.97. The van der Waals surface area contributed by atoms with E-state index in [4.69, 9.17) is 0 Å². The first kappa shape index (κ1) is 10.2. The Morgan fingerprint density at radius 1 is 1.27 bits per heavy atom. The number of nitrogens with zero attached hydrogens (tertiary/aromatic N) is 2. The predicted molar refractivity (Wildman–Crippen MR) is 62.8 cm³/mol. The van der Waals surface area contributed by atoms with Crippen LogP contribution in [-0.4, -0.2) is 16.6 Å². The Hall–Kier alpha value is -1.35. The highest BCUT2D eigenvalue weighted by Gasteiger charge is 2.24. The first-order valence-electron chi connectivity index (χ1n) is 5.17. The molecule has 15 heavy (non-hydrogen) atoms. The second kappa shape index (κ2) is 3.35. The van der Waals surface area contributed by atoms with Gasteiger partial charge in [-0.1, -0.05) is 12.1 Å². The lowest BCUT2D eigenvalue weighted by Gasteiger charge is -2.23. The van der Waals surface area contributed by atoms with Crippen LogP contribution in [0.15, 0.2) is 24.3 Å². The molecule has 0 aliphatic carbocycles. The van der Waals surface area contributed by atoms with Crippen LogP contribution in [0.2, 0.25) is 0 Å². The molecule has 0 spiro atoms. The van der Waals surface area contributed by atoms with Crippen LogP contribution < -0.4 is 5.32 Å². The van der Waals surface area contributed by atoms with Gasteiger partial charge < -0.3 is 9.88 Å². The van der Waals surface area contributed by atoms with E-state index in [9.17, 15) is 0 Å². The standard InChI is InChI=1S/C12H17N3/c1-12(2,13-3)11-14-9-7-5-6-8-10(9)15(11)4/h5-8,13H,1-4H3. The largest absolute Gasteiger partial charge is 0.330 e. The lowest BCUT2D eigenvalue weighted by molar-refractivity contribution is 0.407. The maximum atomic E-state index is 4.66. The number of para-hydroxylation sites is 2. The number of hydrogen-bond acceptors (Lipinski definition) is 2. The summed E-state index contributed by atoms with van der Waals surface area (Å²) < 4.78 is 2.14. The number of aromatic nitrogens is 2. The zero-order chi connectivity index (χ0) is 11.1. The zero-order valence-electron chi connectivity index (χ0n) is 9.70. The number of fused-ring (bicyclic) bond motifs is 1. The Bertz CT molecular complexity index is 483. The van der Waals surface area contributed by atoms with Crippen molar-refractivity contribution in [3.8, 4) is 0 Å². The van der Waals surface area contributed by atoms with Crippen LogP contribution in [0.4, 0.5) is 0 Å². The maximum absolute atomic E-state index is 4.66. The minimum atomic E-state index is -0.103. The summed E-state index contributed by atoms with van der Waals surface area (Å²) in [6.07, 6.45) is 0. The van der Waals surface area contributed by atoms with Crippen molar-refractivity contribution in [2.75, 3.05) is 7.05 Å². The minimum Gasteiger partial charge on any atom is -0.330 e. The lowest BCUT2D eigenvalue weighted by atomic mass is 10.1. The summed E-state index contributed by atoms with van der Waals surface area (Å²) in [4.78, 5) is 4.66. The Kier molecular flexibility index (Phi) is 2.27. The minimum absolute atomic E-state index is 0.103. The molecule has 0 unspecified atom stereocenters. The average molecular weight is 203 g/mol. The molecule has 1 heterocycles. The van der Waals surface area contributed by atoms with Gasteiger partial charge in [0.25, 0.3) is 0 Å². The van der Waals surface area contributed by atoms with Crippen LogP contribution in [0.3, 0.4) is 0 Å². The van der Waals surface area contributed by atoms with Crippen molar-refractivity contribution >= 4 is 11.0 Å². The van der Waals surface area contributed by atoms with E-state index >= 15 is 0 Å². The molecule has 1 aromatic heterocycles. The van der Waals surface area contributed by atoms with Crippen LogP contribution in [0.5, 0.6) is 0 Å². The third-order valence-electron chi connectivity index (χ3n) is 2.97. The molecular weight excluding hydrogens is 186 g/mol. The molecule has 0 aliphatic rings. The van der Waals surface area contributed by atoms with Crippen molar-refractivity contribution in [3.05, 3.63) is 30.1 Å². The number of aryl methyl sites for hydroxylation is 1. The topological polar surface area (TPSA) is 29.9 Å². The number of rotatable bonds is 2. The van der Waals surface area contributed by atoms with E-state index in [0.717, 1.165) is 11.3 Å². The summed E-state index contributed by atoms with van der Waals surface area (Å²) in [5, 5.41) is 3.28. The highest BCUT2D eigenvalue weighted by atomic mass is 15.1. The van der Waals surface area contributed by atoms with Gasteiger partial charge >= 0.3 is 0 Å². The van der Waals surface area contributed by atoms with Gasteiger partial charge in [0.2, 0.25) is 0 Å². The Morgan fingerprint density at radius 2 is 1.93 bits per heavy atom. The van der Waals surface area contributed by atoms with Crippen molar-refractivity contribution < 1.29 is 0 Å². The van der Waals surface area contributed by atoms with Gasteiger partial charge in [-0.15, -0.1) is 0 Å². The van der Waals surface area contributed by atoms with Gasteiger partial charge in [-0.3, -0.25) is 0 Å². The van der Waals surface area contributed by atoms with Gasteiger partial charge in [-0.05, 0) is 33.0 Å². The molecule has 80 valence electrons. The summed E-state index contributed by atoms with van der Waals surface area (Å²) >= 11 is 0. The SMILES string of the molecule is CNC(C)(C)c1nc2ccccc2n1C. The molecule has 0 fully saturated rings. The van der Waals surface area contributed by atoms with Crippen molar-refractivity contribution in [1.29, 1.82) is 0 Å². The van der Waals surface area contributed by atoms with E-state index < -0.39 is 0 Å². The molecule has 0 bridgehead atoms. The molecule has 0 radical (unpaired) electrons. The highest BCUT2D eigenvalue weighted by Crippen LogP contribution is 2.22. The molecule has 3 heteroatoms. The van der Waals surface area contributed by atoms with Crippen molar-refractivity contribution in [2.24, 2.45) is 7.05 Å². The Labute approximate surface area is 90.1 Å². The molecule has 3 nitrogen and oxygen atoms in total. The van der Waals surface area contributed by atoms with Gasteiger partial charge in [-0.25, -0.2) is 4.98 Å². The maximum Gasteiger partial charge on any atom is 0.129 e. The summed E-state index contributed by atoms with van der Waals surface area (Å²) in [6.45, 7) is 4.27. The van der Waals surface area contributed by atoms with Crippen LogP contribution >= 0.6 is 0 Å². The fraction of sp³-hybridized carbons (Fsp3) is 0.417. The Balaban J connectivity index is 2.68. The molecule has 0 saturated heterocycles. The molecule has 0 atom stereocenters. The summed E-state index contributed by atoms with van der Waals surface area (Å²) in [5.74, 6) is 1.06. The summed E-state index contributed by atoms with van der Waals surface area (Å²) in [7, 11) is 4.02. The quantitative estimate of drug-likeness (QED) is 0.809. The lowest BCUT2D eigenvalue weighted by Crippen LogP contribution is -2.35. The fourth-order valence-corrected chi connectivity index (χ4v) is 1.82. The molecule has 0 amide bonds. The molecule has 2 rings (SSSR count). The van der Waals surface area contributed by atoms with E-state index in [0.29, 0.717) is 0 Å². The number of imidazole rings is 1. The second-order valence-electron chi connectivity index (χ2n) is 4.36. The van der Waals surface area contributed by atoms with Gasteiger partial charge in [0, 0.05) is 7.05 Å². The van der Waals surface area contributed by atoms with Crippen LogP contribution in [0, 0.1) is 0 Å². The highest BCUT2D eigenvalue weighted by molar-refractivity contribution is 5.76. The Morgan fingerprint density at radius 3 is 2.53 bits per heavy atom. The van der Waals surface area contributed by atoms with E-state index in [-0.39, 0.29) is 5.54 Å². The van der Waals surface area contributed by atoms with Gasteiger partial charge in [-0.2, -0.15) is 0 Å². The van der Waals surface area contributed by atoms with E-state index in [1.807, 2.05) is 25.2 Å². The smallest absolute Gasteiger partial charge is 0.129 e. The van der Waals surface area contributed by atoms with E-state index in [1.54, 1.807) is 0 Å². The normalized spacial score (nSPS) is 12.3.